The number of anilines is 1. The van der Waals surface area contributed by atoms with Gasteiger partial charge in [-0.25, -0.2) is 9.97 Å². The predicted molar refractivity (Wildman–Crippen MR) is 72.9 cm³/mol. The lowest BCUT2D eigenvalue weighted by atomic mass is 9.85. The van der Waals surface area contributed by atoms with Crippen LogP contribution in [0.15, 0.2) is 12.4 Å². The predicted octanol–water partition coefficient (Wildman–Crippen LogP) is 3.26. The van der Waals surface area contributed by atoms with Gasteiger partial charge in [0.2, 0.25) is 5.88 Å². The minimum absolute atomic E-state index is 0.327. The van der Waals surface area contributed by atoms with Crippen LogP contribution >= 0.6 is 0 Å². The first-order valence-electron chi connectivity index (χ1n) is 7.04. The third-order valence-corrected chi connectivity index (χ3v) is 3.60. The number of hydrogen-bond acceptors (Lipinski definition) is 4. The molecule has 1 heterocycles. The van der Waals surface area contributed by atoms with Crippen LogP contribution in [0.25, 0.3) is 0 Å². The van der Waals surface area contributed by atoms with Crippen molar-refractivity contribution >= 4 is 5.82 Å². The Hall–Kier alpha value is -1.32. The fourth-order valence-corrected chi connectivity index (χ4v) is 2.57. The summed E-state index contributed by atoms with van der Waals surface area (Å²) in [6.07, 6.45) is 8.08. The summed E-state index contributed by atoms with van der Waals surface area (Å²) in [7, 11) is 0. The van der Waals surface area contributed by atoms with Crippen molar-refractivity contribution in [3.63, 3.8) is 0 Å². The first-order chi connectivity index (χ1) is 8.81. The van der Waals surface area contributed by atoms with Crippen LogP contribution < -0.4 is 10.1 Å². The molecule has 0 amide bonds. The fraction of sp³-hybridized carbons (Fsp3) is 0.714. The molecule has 1 aliphatic carbocycles. The van der Waals surface area contributed by atoms with Gasteiger partial charge in [0.1, 0.15) is 18.2 Å². The summed E-state index contributed by atoms with van der Waals surface area (Å²) in [4.78, 5) is 8.34. The molecule has 0 aromatic carbocycles. The van der Waals surface area contributed by atoms with Gasteiger partial charge >= 0.3 is 0 Å². The molecule has 0 saturated heterocycles. The molecule has 0 bridgehead atoms. The summed E-state index contributed by atoms with van der Waals surface area (Å²) < 4.78 is 5.98. The Morgan fingerprint density at radius 1 is 1.33 bits per heavy atom. The lowest BCUT2D eigenvalue weighted by Gasteiger charge is -2.28. The SMILES string of the molecule is CCNc1cc(OC2CCCC(CC)C2)ncn1. The highest BCUT2D eigenvalue weighted by Gasteiger charge is 2.22. The maximum atomic E-state index is 5.98. The highest BCUT2D eigenvalue weighted by Crippen LogP contribution is 2.29. The van der Waals surface area contributed by atoms with Gasteiger partial charge in [0.25, 0.3) is 0 Å². The minimum atomic E-state index is 0.327. The van der Waals surface area contributed by atoms with Crippen LogP contribution in [0.2, 0.25) is 0 Å². The molecule has 18 heavy (non-hydrogen) atoms. The van der Waals surface area contributed by atoms with Gasteiger partial charge in [0.15, 0.2) is 0 Å². The first-order valence-corrected chi connectivity index (χ1v) is 7.04. The second-order valence-corrected chi connectivity index (χ2v) is 4.95. The number of nitrogens with zero attached hydrogens (tertiary/aromatic N) is 2. The molecule has 2 rings (SSSR count). The van der Waals surface area contributed by atoms with Crippen molar-refractivity contribution in [2.75, 3.05) is 11.9 Å². The van der Waals surface area contributed by atoms with E-state index >= 15 is 0 Å². The normalized spacial score (nSPS) is 23.7. The topological polar surface area (TPSA) is 47.0 Å². The zero-order valence-corrected chi connectivity index (χ0v) is 11.4. The van der Waals surface area contributed by atoms with Crippen molar-refractivity contribution in [1.29, 1.82) is 0 Å². The molecular formula is C14H23N3O. The maximum absolute atomic E-state index is 5.98. The van der Waals surface area contributed by atoms with Gasteiger partial charge in [0, 0.05) is 12.6 Å². The summed E-state index contributed by atoms with van der Waals surface area (Å²) in [5.74, 6) is 2.35. The molecule has 4 nitrogen and oxygen atoms in total. The van der Waals surface area contributed by atoms with Crippen molar-refractivity contribution in [3.8, 4) is 5.88 Å². The van der Waals surface area contributed by atoms with E-state index in [9.17, 15) is 0 Å². The van der Waals surface area contributed by atoms with E-state index in [0.717, 1.165) is 31.1 Å². The van der Waals surface area contributed by atoms with Crippen molar-refractivity contribution in [1.82, 2.24) is 9.97 Å². The van der Waals surface area contributed by atoms with E-state index in [4.69, 9.17) is 4.74 Å². The highest BCUT2D eigenvalue weighted by atomic mass is 16.5. The molecule has 0 radical (unpaired) electrons. The van der Waals surface area contributed by atoms with E-state index in [1.54, 1.807) is 6.33 Å². The van der Waals surface area contributed by atoms with Gasteiger partial charge in [-0.2, -0.15) is 0 Å². The smallest absolute Gasteiger partial charge is 0.218 e. The Bertz CT molecular complexity index is 370. The quantitative estimate of drug-likeness (QED) is 0.870. The van der Waals surface area contributed by atoms with Crippen LogP contribution in [0.5, 0.6) is 5.88 Å². The molecule has 1 saturated carbocycles. The summed E-state index contributed by atoms with van der Waals surface area (Å²) in [6.45, 7) is 5.18. The van der Waals surface area contributed by atoms with E-state index in [0.29, 0.717) is 12.0 Å². The summed E-state index contributed by atoms with van der Waals surface area (Å²) in [5.41, 5.74) is 0. The largest absolute Gasteiger partial charge is 0.474 e. The zero-order valence-electron chi connectivity index (χ0n) is 11.4. The second-order valence-electron chi connectivity index (χ2n) is 4.95. The Morgan fingerprint density at radius 2 is 2.22 bits per heavy atom. The summed E-state index contributed by atoms with van der Waals surface area (Å²) >= 11 is 0. The van der Waals surface area contributed by atoms with E-state index in [2.05, 4.69) is 29.1 Å². The molecule has 1 fully saturated rings. The third-order valence-electron chi connectivity index (χ3n) is 3.60. The Kier molecular flexibility index (Phi) is 4.79. The lowest BCUT2D eigenvalue weighted by molar-refractivity contribution is 0.117. The van der Waals surface area contributed by atoms with Crippen LogP contribution in [-0.2, 0) is 0 Å². The molecule has 0 aliphatic heterocycles. The Labute approximate surface area is 109 Å². The standard InChI is InChI=1S/C14H23N3O/c1-3-11-6-5-7-12(8-11)18-14-9-13(15-4-2)16-10-17-14/h9-12H,3-8H2,1-2H3,(H,15,16,17). The van der Waals surface area contributed by atoms with Gasteiger partial charge in [-0.15, -0.1) is 0 Å². The van der Waals surface area contributed by atoms with E-state index in [-0.39, 0.29) is 0 Å². The average Bonchev–Trinajstić information content (AvgIpc) is 2.40. The van der Waals surface area contributed by atoms with Crippen molar-refractivity contribution in [3.05, 3.63) is 12.4 Å². The summed E-state index contributed by atoms with van der Waals surface area (Å²) in [6, 6.07) is 1.89. The third kappa shape index (κ3) is 3.59. The summed E-state index contributed by atoms with van der Waals surface area (Å²) in [5, 5.41) is 3.17. The van der Waals surface area contributed by atoms with Crippen LogP contribution in [0.1, 0.15) is 46.0 Å². The number of rotatable bonds is 5. The molecule has 100 valence electrons. The van der Waals surface area contributed by atoms with E-state index < -0.39 is 0 Å². The van der Waals surface area contributed by atoms with Gasteiger partial charge in [0.05, 0.1) is 0 Å². The van der Waals surface area contributed by atoms with Gasteiger partial charge < -0.3 is 10.1 Å². The zero-order chi connectivity index (χ0) is 12.8. The molecular weight excluding hydrogens is 226 g/mol. The molecule has 4 heteroatoms. The number of ether oxygens (including phenoxy) is 1. The van der Waals surface area contributed by atoms with Crippen molar-refractivity contribution in [2.45, 2.75) is 52.1 Å². The molecule has 1 aliphatic rings. The fourth-order valence-electron chi connectivity index (χ4n) is 2.57. The number of aromatic nitrogens is 2. The van der Waals surface area contributed by atoms with Crippen LogP contribution in [-0.4, -0.2) is 22.6 Å². The van der Waals surface area contributed by atoms with Crippen LogP contribution in [0, 0.1) is 5.92 Å². The Balaban J connectivity index is 1.93. The minimum Gasteiger partial charge on any atom is -0.474 e. The second kappa shape index (κ2) is 6.57. The molecule has 2 atom stereocenters. The Morgan fingerprint density at radius 3 is 3.00 bits per heavy atom. The number of nitrogens with one attached hydrogen (secondary N) is 1. The molecule has 1 N–H and O–H groups in total. The molecule has 1 aromatic rings. The average molecular weight is 249 g/mol. The lowest BCUT2D eigenvalue weighted by Crippen LogP contribution is -2.25. The van der Waals surface area contributed by atoms with Crippen LogP contribution in [0.3, 0.4) is 0 Å². The monoisotopic (exact) mass is 249 g/mol. The van der Waals surface area contributed by atoms with Crippen LogP contribution in [0.4, 0.5) is 5.82 Å². The van der Waals surface area contributed by atoms with Gasteiger partial charge in [-0.1, -0.05) is 19.8 Å². The van der Waals surface area contributed by atoms with E-state index in [1.807, 2.05) is 6.07 Å². The number of hydrogen-bond donors (Lipinski definition) is 1. The molecule has 2 unspecified atom stereocenters. The van der Waals surface area contributed by atoms with Crippen molar-refractivity contribution < 1.29 is 4.74 Å². The van der Waals surface area contributed by atoms with Crippen molar-refractivity contribution in [2.24, 2.45) is 5.92 Å². The van der Waals surface area contributed by atoms with Gasteiger partial charge in [-0.3, -0.25) is 0 Å². The highest BCUT2D eigenvalue weighted by molar-refractivity contribution is 5.36. The molecule has 0 spiro atoms. The van der Waals surface area contributed by atoms with Gasteiger partial charge in [-0.05, 0) is 32.1 Å². The first kappa shape index (κ1) is 13.1. The molecule has 1 aromatic heterocycles. The van der Waals surface area contributed by atoms with E-state index in [1.165, 1.54) is 19.3 Å². The maximum Gasteiger partial charge on any atom is 0.218 e.